The van der Waals surface area contributed by atoms with Crippen molar-refractivity contribution in [2.24, 2.45) is 0 Å². The maximum Gasteiger partial charge on any atom is 0.00121 e. The van der Waals surface area contributed by atoms with E-state index in [0.717, 1.165) is 5.69 Å². The third-order valence-electron chi connectivity index (χ3n) is 0.978. The van der Waals surface area contributed by atoms with Gasteiger partial charge in [0.05, 0.1) is 0 Å². The van der Waals surface area contributed by atoms with Crippen molar-refractivity contribution in [3.63, 3.8) is 0 Å². The molecule has 0 aromatic heterocycles. The van der Waals surface area contributed by atoms with Crippen LogP contribution in [0.4, 0.5) is 5.69 Å². The van der Waals surface area contributed by atoms with Gasteiger partial charge in [-0.2, -0.15) is 24.3 Å². The molecule has 1 rings (SSSR count). The molecule has 0 fully saturated rings. The van der Waals surface area contributed by atoms with Crippen LogP contribution in [0.5, 0.6) is 0 Å². The summed E-state index contributed by atoms with van der Waals surface area (Å²) in [4.78, 5) is 0. The van der Waals surface area contributed by atoms with Crippen LogP contribution in [0.1, 0.15) is 0 Å². The monoisotopic (exact) mass is 212 g/mol. The molecule has 0 amide bonds. The fraction of sp³-hybridized carbons (Fsp3) is 0.143. The van der Waals surface area contributed by atoms with E-state index in [9.17, 15) is 0 Å². The van der Waals surface area contributed by atoms with Gasteiger partial charge in [0.25, 0.3) is 0 Å². The molecular formula is C7H8NPd-. The quantitative estimate of drug-likeness (QED) is 0.550. The van der Waals surface area contributed by atoms with Crippen molar-refractivity contribution in [2.75, 3.05) is 12.4 Å². The van der Waals surface area contributed by atoms with Gasteiger partial charge in [0.15, 0.2) is 0 Å². The minimum atomic E-state index is 0. The van der Waals surface area contributed by atoms with E-state index in [4.69, 9.17) is 0 Å². The summed E-state index contributed by atoms with van der Waals surface area (Å²) >= 11 is 0. The van der Waals surface area contributed by atoms with Gasteiger partial charge in [-0.25, -0.2) is 0 Å². The summed E-state index contributed by atoms with van der Waals surface area (Å²) in [6.07, 6.45) is 0. The standard InChI is InChI=1S/C7H8N.Pd/c1-8-7-5-3-2-4-6-7;/h2-5,8H,1H3;/q-1;. The van der Waals surface area contributed by atoms with Crippen molar-refractivity contribution in [2.45, 2.75) is 0 Å². The number of nitrogens with one attached hydrogen (secondary N) is 1. The minimum Gasteiger partial charge on any atom is -0.410 e. The second-order valence-electron chi connectivity index (χ2n) is 1.53. The van der Waals surface area contributed by atoms with Gasteiger partial charge in [-0.1, -0.05) is 5.69 Å². The maximum absolute atomic E-state index is 3.01. The van der Waals surface area contributed by atoms with Gasteiger partial charge in [0, 0.05) is 27.5 Å². The Kier molecular flexibility index (Phi) is 4.39. The SMILES string of the molecule is CNc1[c-]cccc1.[Pd]. The Morgan fingerprint density at radius 2 is 2.22 bits per heavy atom. The molecule has 52 valence electrons. The topological polar surface area (TPSA) is 12.0 Å². The van der Waals surface area contributed by atoms with Gasteiger partial charge >= 0.3 is 0 Å². The summed E-state index contributed by atoms with van der Waals surface area (Å²) in [5.41, 5.74) is 1.03. The van der Waals surface area contributed by atoms with Crippen LogP contribution in [0, 0.1) is 6.07 Å². The predicted octanol–water partition coefficient (Wildman–Crippen LogP) is 1.53. The molecule has 0 aliphatic carbocycles. The van der Waals surface area contributed by atoms with Crippen LogP contribution in [-0.4, -0.2) is 7.05 Å². The van der Waals surface area contributed by atoms with Crippen LogP contribution in [0.25, 0.3) is 0 Å². The molecule has 0 aliphatic heterocycles. The fourth-order valence-corrected chi connectivity index (χ4v) is 0.549. The summed E-state index contributed by atoms with van der Waals surface area (Å²) in [5, 5.41) is 2.97. The van der Waals surface area contributed by atoms with E-state index in [1.54, 1.807) is 0 Å². The van der Waals surface area contributed by atoms with E-state index in [2.05, 4.69) is 11.4 Å². The summed E-state index contributed by atoms with van der Waals surface area (Å²) in [6, 6.07) is 10.8. The van der Waals surface area contributed by atoms with Crippen LogP contribution in [0.3, 0.4) is 0 Å². The molecule has 0 saturated carbocycles. The zero-order valence-corrected chi connectivity index (χ0v) is 6.68. The van der Waals surface area contributed by atoms with Crippen molar-refractivity contribution in [1.29, 1.82) is 0 Å². The van der Waals surface area contributed by atoms with E-state index in [0.29, 0.717) is 0 Å². The van der Waals surface area contributed by atoms with Gasteiger partial charge in [0.2, 0.25) is 0 Å². The molecule has 0 saturated heterocycles. The van der Waals surface area contributed by atoms with Gasteiger partial charge in [-0.15, -0.1) is 6.07 Å². The number of para-hydroxylation sites is 1. The van der Waals surface area contributed by atoms with E-state index >= 15 is 0 Å². The molecule has 0 radical (unpaired) electrons. The first-order valence-electron chi connectivity index (χ1n) is 2.58. The molecule has 0 aliphatic rings. The van der Waals surface area contributed by atoms with Crippen molar-refractivity contribution < 1.29 is 20.4 Å². The molecule has 0 bridgehead atoms. The molecule has 1 aromatic carbocycles. The fourth-order valence-electron chi connectivity index (χ4n) is 0.549. The van der Waals surface area contributed by atoms with E-state index in [-0.39, 0.29) is 20.4 Å². The average Bonchev–Trinajstić information content (AvgIpc) is 1.90. The molecule has 2 heteroatoms. The third kappa shape index (κ3) is 2.65. The van der Waals surface area contributed by atoms with E-state index in [1.165, 1.54) is 0 Å². The summed E-state index contributed by atoms with van der Waals surface area (Å²) in [6.45, 7) is 0. The number of hydrogen-bond acceptors (Lipinski definition) is 1. The van der Waals surface area contributed by atoms with Crippen molar-refractivity contribution in [3.8, 4) is 0 Å². The van der Waals surface area contributed by atoms with Gasteiger partial charge in [0.1, 0.15) is 0 Å². The molecule has 0 atom stereocenters. The minimum absolute atomic E-state index is 0. The average molecular weight is 213 g/mol. The summed E-state index contributed by atoms with van der Waals surface area (Å²) in [7, 11) is 1.88. The molecular weight excluding hydrogens is 205 g/mol. The van der Waals surface area contributed by atoms with Crippen LogP contribution in [-0.2, 0) is 20.4 Å². The Morgan fingerprint density at radius 3 is 2.56 bits per heavy atom. The molecule has 9 heavy (non-hydrogen) atoms. The van der Waals surface area contributed by atoms with Crippen LogP contribution in [0.15, 0.2) is 24.3 Å². The van der Waals surface area contributed by atoms with Crippen molar-refractivity contribution in [3.05, 3.63) is 30.3 Å². The second-order valence-corrected chi connectivity index (χ2v) is 1.53. The normalized spacial score (nSPS) is 7.67. The van der Waals surface area contributed by atoms with Crippen LogP contribution < -0.4 is 5.32 Å². The Morgan fingerprint density at radius 1 is 1.44 bits per heavy atom. The molecule has 0 spiro atoms. The van der Waals surface area contributed by atoms with Crippen LogP contribution >= 0.6 is 0 Å². The molecule has 0 heterocycles. The van der Waals surface area contributed by atoms with E-state index in [1.807, 2.05) is 31.3 Å². The Hall–Kier alpha value is -0.318. The Labute approximate surface area is 69.1 Å². The molecule has 1 aromatic rings. The Bertz CT molecular complexity index is 150. The zero-order valence-electron chi connectivity index (χ0n) is 5.13. The molecule has 1 nitrogen and oxygen atoms in total. The molecule has 1 N–H and O–H groups in total. The molecule has 0 unspecified atom stereocenters. The first kappa shape index (κ1) is 8.68. The largest absolute Gasteiger partial charge is 0.410 e. The zero-order chi connectivity index (χ0) is 5.82. The predicted molar refractivity (Wildman–Crippen MR) is 34.8 cm³/mol. The van der Waals surface area contributed by atoms with Crippen LogP contribution in [0.2, 0.25) is 0 Å². The Balaban J connectivity index is 0.000000640. The second kappa shape index (κ2) is 4.55. The van der Waals surface area contributed by atoms with Gasteiger partial charge in [-0.3, -0.25) is 0 Å². The first-order valence-corrected chi connectivity index (χ1v) is 2.58. The third-order valence-corrected chi connectivity index (χ3v) is 0.978. The number of anilines is 1. The van der Waals surface area contributed by atoms with E-state index < -0.39 is 0 Å². The summed E-state index contributed by atoms with van der Waals surface area (Å²) < 4.78 is 0. The smallest absolute Gasteiger partial charge is 0.00121 e. The number of rotatable bonds is 1. The number of hydrogen-bond donors (Lipinski definition) is 1. The van der Waals surface area contributed by atoms with Crippen molar-refractivity contribution in [1.82, 2.24) is 0 Å². The van der Waals surface area contributed by atoms with Gasteiger partial charge in [-0.05, 0) is 0 Å². The van der Waals surface area contributed by atoms with Crippen molar-refractivity contribution >= 4 is 5.69 Å². The number of benzene rings is 1. The van der Waals surface area contributed by atoms with Gasteiger partial charge < -0.3 is 5.32 Å². The maximum atomic E-state index is 3.01. The summed E-state index contributed by atoms with van der Waals surface area (Å²) in [5.74, 6) is 0. The first-order chi connectivity index (χ1) is 3.93.